The normalized spacial score (nSPS) is 12.5. The Morgan fingerprint density at radius 1 is 1.62 bits per heavy atom. The Balaban J connectivity index is 2.70. The highest BCUT2D eigenvalue weighted by Gasteiger charge is 2.17. The summed E-state index contributed by atoms with van der Waals surface area (Å²) in [6.45, 7) is -0.408. The van der Waals surface area contributed by atoms with Crippen LogP contribution in [0.25, 0.3) is 0 Å². The molecule has 0 saturated heterocycles. The Kier molecular flexibility index (Phi) is 4.12. The highest BCUT2D eigenvalue weighted by atomic mass is 19.3. The molecule has 1 aromatic rings. The lowest BCUT2D eigenvalue weighted by atomic mass is 10.2. The number of nitrogens with one attached hydrogen (secondary N) is 1. The Labute approximate surface area is 90.3 Å². The maximum Gasteiger partial charge on any atom is 0.265 e. The van der Waals surface area contributed by atoms with Gasteiger partial charge in [0.25, 0.3) is 12.3 Å². The number of rotatable bonds is 5. The van der Waals surface area contributed by atoms with Gasteiger partial charge in [0.2, 0.25) is 0 Å². The van der Waals surface area contributed by atoms with Crippen molar-refractivity contribution in [1.82, 2.24) is 4.98 Å². The molecule has 0 aliphatic rings. The van der Waals surface area contributed by atoms with E-state index in [1.165, 1.54) is 18.3 Å². The minimum absolute atomic E-state index is 0.0784. The van der Waals surface area contributed by atoms with Crippen molar-refractivity contribution in [3.8, 4) is 0 Å². The molecule has 0 radical (unpaired) electrons. The van der Waals surface area contributed by atoms with E-state index in [2.05, 4.69) is 10.3 Å². The summed E-state index contributed by atoms with van der Waals surface area (Å²) in [6, 6.07) is 2.90. The third-order valence-corrected chi connectivity index (χ3v) is 1.84. The molecule has 0 bridgehead atoms. The molecule has 1 heterocycles. The van der Waals surface area contributed by atoms with Crippen LogP contribution in [-0.2, 0) is 0 Å². The average molecular weight is 231 g/mol. The van der Waals surface area contributed by atoms with Gasteiger partial charge in [0.05, 0.1) is 5.56 Å². The maximum absolute atomic E-state index is 12.0. The topological polar surface area (TPSA) is 88.2 Å². The van der Waals surface area contributed by atoms with E-state index in [-0.39, 0.29) is 11.4 Å². The predicted molar refractivity (Wildman–Crippen MR) is 53.3 cm³/mol. The lowest BCUT2D eigenvalue weighted by molar-refractivity contribution is 0.00380. The molecule has 4 N–H and O–H groups in total. The summed E-state index contributed by atoms with van der Waals surface area (Å²) in [5, 5.41) is 11.3. The number of carbonyl (C=O) groups excluding carboxylic acids is 1. The second-order valence-corrected chi connectivity index (χ2v) is 3.05. The third-order valence-electron chi connectivity index (χ3n) is 1.84. The van der Waals surface area contributed by atoms with E-state index in [1.54, 1.807) is 0 Å². The summed E-state index contributed by atoms with van der Waals surface area (Å²) in [4.78, 5) is 14.7. The first kappa shape index (κ1) is 12.3. The zero-order valence-electron chi connectivity index (χ0n) is 8.23. The number of halogens is 2. The maximum atomic E-state index is 12.0. The van der Waals surface area contributed by atoms with Gasteiger partial charge in [-0.15, -0.1) is 0 Å². The second-order valence-electron chi connectivity index (χ2n) is 3.05. The SMILES string of the molecule is NC(=O)c1cccnc1NCC(O)C(F)F. The van der Waals surface area contributed by atoms with E-state index in [9.17, 15) is 13.6 Å². The van der Waals surface area contributed by atoms with Gasteiger partial charge < -0.3 is 16.2 Å². The number of amides is 1. The van der Waals surface area contributed by atoms with Crippen molar-refractivity contribution in [3.63, 3.8) is 0 Å². The number of aliphatic hydroxyl groups is 1. The summed E-state index contributed by atoms with van der Waals surface area (Å²) in [7, 11) is 0. The van der Waals surface area contributed by atoms with E-state index in [0.717, 1.165) is 0 Å². The van der Waals surface area contributed by atoms with Crippen molar-refractivity contribution in [2.24, 2.45) is 5.73 Å². The molecule has 5 nitrogen and oxygen atoms in total. The summed E-state index contributed by atoms with van der Waals surface area (Å²) in [5.41, 5.74) is 5.14. The van der Waals surface area contributed by atoms with Gasteiger partial charge in [-0.05, 0) is 12.1 Å². The van der Waals surface area contributed by atoms with Crippen LogP contribution in [0.3, 0.4) is 0 Å². The molecule has 0 fully saturated rings. The van der Waals surface area contributed by atoms with E-state index in [4.69, 9.17) is 10.8 Å². The molecule has 0 aliphatic carbocycles. The number of anilines is 1. The molecule has 0 aliphatic heterocycles. The molecule has 7 heteroatoms. The number of hydrogen-bond acceptors (Lipinski definition) is 4. The van der Waals surface area contributed by atoms with Crippen LogP contribution in [0.2, 0.25) is 0 Å². The zero-order valence-corrected chi connectivity index (χ0v) is 8.23. The van der Waals surface area contributed by atoms with Gasteiger partial charge in [0.1, 0.15) is 11.9 Å². The quantitative estimate of drug-likeness (QED) is 0.676. The number of nitrogens with zero attached hydrogens (tertiary/aromatic N) is 1. The predicted octanol–water partition coefficient (Wildman–Crippen LogP) is 0.218. The number of primary amides is 1. The molecule has 16 heavy (non-hydrogen) atoms. The monoisotopic (exact) mass is 231 g/mol. The van der Waals surface area contributed by atoms with Crippen LogP contribution in [0.4, 0.5) is 14.6 Å². The molecule has 1 unspecified atom stereocenters. The van der Waals surface area contributed by atoms with Crippen LogP contribution in [0, 0.1) is 0 Å². The fourth-order valence-corrected chi connectivity index (χ4v) is 1.04. The highest BCUT2D eigenvalue weighted by molar-refractivity contribution is 5.97. The number of aromatic nitrogens is 1. The van der Waals surface area contributed by atoms with Gasteiger partial charge in [-0.1, -0.05) is 0 Å². The minimum Gasteiger partial charge on any atom is -0.385 e. The molecule has 1 atom stereocenters. The lowest BCUT2D eigenvalue weighted by Crippen LogP contribution is -2.28. The van der Waals surface area contributed by atoms with Gasteiger partial charge in [-0.2, -0.15) is 0 Å². The van der Waals surface area contributed by atoms with Crippen LogP contribution in [0.1, 0.15) is 10.4 Å². The van der Waals surface area contributed by atoms with Crippen molar-refractivity contribution >= 4 is 11.7 Å². The first-order valence-corrected chi connectivity index (χ1v) is 4.47. The number of carbonyl (C=O) groups is 1. The van der Waals surface area contributed by atoms with Gasteiger partial charge in [-0.25, -0.2) is 13.8 Å². The summed E-state index contributed by atoms with van der Waals surface area (Å²) in [6.07, 6.45) is -3.29. The van der Waals surface area contributed by atoms with E-state index in [0.29, 0.717) is 0 Å². The number of hydrogen-bond donors (Lipinski definition) is 3. The number of alkyl halides is 2. The van der Waals surface area contributed by atoms with Crippen LogP contribution < -0.4 is 11.1 Å². The van der Waals surface area contributed by atoms with Crippen LogP contribution in [0.5, 0.6) is 0 Å². The van der Waals surface area contributed by atoms with Crippen molar-refractivity contribution in [1.29, 1.82) is 0 Å². The standard InChI is InChI=1S/C9H11F2N3O2/c10-7(11)6(15)4-14-9-5(8(12)16)2-1-3-13-9/h1-3,6-7,15H,4H2,(H2,12,16)(H,13,14). The molecular weight excluding hydrogens is 220 g/mol. The van der Waals surface area contributed by atoms with Gasteiger partial charge in [0, 0.05) is 12.7 Å². The largest absolute Gasteiger partial charge is 0.385 e. The molecule has 0 saturated carbocycles. The van der Waals surface area contributed by atoms with Gasteiger partial charge >= 0.3 is 0 Å². The summed E-state index contributed by atoms with van der Waals surface area (Å²) in [5.74, 6) is -0.642. The number of pyridine rings is 1. The van der Waals surface area contributed by atoms with Crippen LogP contribution in [0.15, 0.2) is 18.3 Å². The molecule has 1 amide bonds. The Bertz CT molecular complexity index is 374. The first-order chi connectivity index (χ1) is 7.52. The van der Waals surface area contributed by atoms with Crippen molar-refractivity contribution in [2.45, 2.75) is 12.5 Å². The molecule has 88 valence electrons. The summed E-state index contributed by atoms with van der Waals surface area (Å²) >= 11 is 0. The molecule has 1 rings (SSSR count). The van der Waals surface area contributed by atoms with E-state index in [1.807, 2.05) is 0 Å². The molecule has 0 spiro atoms. The molecule has 1 aromatic heterocycles. The number of aliphatic hydroxyl groups excluding tert-OH is 1. The highest BCUT2D eigenvalue weighted by Crippen LogP contribution is 2.11. The Morgan fingerprint density at radius 2 is 2.31 bits per heavy atom. The smallest absolute Gasteiger partial charge is 0.265 e. The van der Waals surface area contributed by atoms with Crippen molar-refractivity contribution in [2.75, 3.05) is 11.9 Å². The average Bonchev–Trinajstić information content (AvgIpc) is 2.25. The van der Waals surface area contributed by atoms with E-state index < -0.39 is 25.0 Å². The fourth-order valence-electron chi connectivity index (χ4n) is 1.04. The second kappa shape index (κ2) is 5.36. The third kappa shape index (κ3) is 3.13. The minimum atomic E-state index is -2.85. The molecular formula is C9H11F2N3O2. The zero-order chi connectivity index (χ0) is 12.1. The number of nitrogens with two attached hydrogens (primary N) is 1. The fraction of sp³-hybridized carbons (Fsp3) is 0.333. The van der Waals surface area contributed by atoms with Crippen molar-refractivity contribution in [3.05, 3.63) is 23.9 Å². The first-order valence-electron chi connectivity index (χ1n) is 4.47. The van der Waals surface area contributed by atoms with Crippen LogP contribution >= 0.6 is 0 Å². The molecule has 0 aromatic carbocycles. The lowest BCUT2D eigenvalue weighted by Gasteiger charge is -2.12. The Hall–Kier alpha value is -1.76. The summed E-state index contributed by atoms with van der Waals surface area (Å²) < 4.78 is 24.0. The van der Waals surface area contributed by atoms with Crippen LogP contribution in [-0.4, -0.2) is 35.1 Å². The van der Waals surface area contributed by atoms with Gasteiger partial charge in [-0.3, -0.25) is 4.79 Å². The Morgan fingerprint density at radius 3 is 2.88 bits per heavy atom. The van der Waals surface area contributed by atoms with Crippen molar-refractivity contribution < 1.29 is 18.7 Å². The van der Waals surface area contributed by atoms with E-state index >= 15 is 0 Å². The van der Waals surface area contributed by atoms with Gasteiger partial charge in [0.15, 0.2) is 0 Å².